The van der Waals surface area contributed by atoms with Gasteiger partial charge in [-0.05, 0) is 61.9 Å². The molecule has 0 amide bonds. The maximum Gasteiger partial charge on any atom is 0.261 e. The van der Waals surface area contributed by atoms with Gasteiger partial charge in [-0.3, -0.25) is 0 Å². The van der Waals surface area contributed by atoms with E-state index in [4.69, 9.17) is 0 Å². The Kier molecular flexibility index (Phi) is 12.4. The molecule has 0 radical (unpaired) electrons. The van der Waals surface area contributed by atoms with Gasteiger partial charge in [-0.15, -0.1) is 0 Å². The molecule has 4 heteroatoms. The first-order valence-corrected chi connectivity index (χ1v) is 10.3. The molecule has 19 heavy (non-hydrogen) atoms. The third-order valence-electron chi connectivity index (χ3n) is 3.65. The Balaban J connectivity index is 3.85. The third kappa shape index (κ3) is 14.6. The zero-order valence-corrected chi connectivity index (χ0v) is 15.4. The molecular formula is C15H36AlN3. The van der Waals surface area contributed by atoms with Crippen molar-refractivity contribution in [3.8, 4) is 0 Å². The van der Waals surface area contributed by atoms with E-state index in [9.17, 15) is 0 Å². The van der Waals surface area contributed by atoms with Gasteiger partial charge in [-0.1, -0.05) is 35.1 Å². The third-order valence-corrected chi connectivity index (χ3v) is 7.33. The summed E-state index contributed by atoms with van der Waals surface area (Å²) >= 11 is -0.490. The average molecular weight is 285 g/mol. The first-order valence-electron chi connectivity index (χ1n) is 7.86. The molecule has 0 aromatic carbocycles. The van der Waals surface area contributed by atoms with E-state index in [1.54, 1.807) is 15.8 Å². The molecule has 0 aliphatic carbocycles. The minimum Gasteiger partial charge on any atom is -0.309 e. The van der Waals surface area contributed by atoms with Gasteiger partial charge in [0.15, 0.2) is 0 Å². The number of hydrogen-bond donors (Lipinski definition) is 0. The summed E-state index contributed by atoms with van der Waals surface area (Å²) < 4.78 is 0. The van der Waals surface area contributed by atoms with E-state index < -0.39 is 14.1 Å². The second kappa shape index (κ2) is 12.2. The van der Waals surface area contributed by atoms with Crippen molar-refractivity contribution in [2.45, 2.75) is 35.1 Å². The largest absolute Gasteiger partial charge is 0.309 e. The van der Waals surface area contributed by atoms with Gasteiger partial charge in [-0.25, -0.2) is 0 Å². The van der Waals surface area contributed by atoms with E-state index in [1.807, 2.05) is 0 Å². The quantitative estimate of drug-likeness (QED) is 0.510. The second-order valence-electron chi connectivity index (χ2n) is 6.70. The standard InChI is InChI=1S/3C5H12N.Al/c3*1-4-5-6(2)3;/h3*1,4-5H2,2-3H3;. The van der Waals surface area contributed by atoms with Crippen LogP contribution in [0.1, 0.15) is 19.3 Å². The fourth-order valence-electron chi connectivity index (χ4n) is 2.52. The van der Waals surface area contributed by atoms with E-state index in [2.05, 4.69) is 57.0 Å². The number of hydrogen-bond acceptors (Lipinski definition) is 3. The molecule has 0 aromatic heterocycles. The molecule has 0 aliphatic rings. The smallest absolute Gasteiger partial charge is 0.261 e. The van der Waals surface area contributed by atoms with Crippen molar-refractivity contribution >= 4 is 14.1 Å². The highest BCUT2D eigenvalue weighted by Crippen LogP contribution is 2.14. The van der Waals surface area contributed by atoms with E-state index >= 15 is 0 Å². The van der Waals surface area contributed by atoms with Crippen LogP contribution in [-0.2, 0) is 0 Å². The summed E-state index contributed by atoms with van der Waals surface area (Å²) in [5.74, 6) is 0. The molecule has 0 aliphatic heterocycles. The van der Waals surface area contributed by atoms with Crippen molar-refractivity contribution in [1.82, 2.24) is 14.7 Å². The van der Waals surface area contributed by atoms with Crippen LogP contribution in [0.15, 0.2) is 0 Å². The topological polar surface area (TPSA) is 9.72 Å². The van der Waals surface area contributed by atoms with Crippen LogP contribution in [0.25, 0.3) is 0 Å². The summed E-state index contributed by atoms with van der Waals surface area (Å²) in [6, 6.07) is 0. The molecule has 0 saturated carbocycles. The van der Waals surface area contributed by atoms with Gasteiger partial charge >= 0.3 is 0 Å². The zero-order valence-electron chi connectivity index (χ0n) is 14.3. The molecule has 0 atom stereocenters. The highest BCUT2D eigenvalue weighted by molar-refractivity contribution is 6.58. The lowest BCUT2D eigenvalue weighted by molar-refractivity contribution is 0.401. The molecule has 0 unspecified atom stereocenters. The normalized spacial score (nSPS) is 11.8. The molecule has 0 N–H and O–H groups in total. The average Bonchev–Trinajstić information content (AvgIpc) is 2.26. The predicted molar refractivity (Wildman–Crippen MR) is 89.7 cm³/mol. The van der Waals surface area contributed by atoms with Gasteiger partial charge in [0, 0.05) is 0 Å². The van der Waals surface area contributed by atoms with Gasteiger partial charge in [0.1, 0.15) is 0 Å². The van der Waals surface area contributed by atoms with E-state index in [1.165, 1.54) is 38.9 Å². The van der Waals surface area contributed by atoms with Crippen LogP contribution in [0.4, 0.5) is 0 Å². The minimum absolute atomic E-state index is 0.490. The summed E-state index contributed by atoms with van der Waals surface area (Å²) in [6.07, 6.45) is 4.23. The molecular weight excluding hydrogens is 249 g/mol. The minimum atomic E-state index is -0.490. The second-order valence-corrected chi connectivity index (χ2v) is 10.2. The van der Waals surface area contributed by atoms with Crippen molar-refractivity contribution < 1.29 is 0 Å². The van der Waals surface area contributed by atoms with Gasteiger partial charge in [-0.2, -0.15) is 0 Å². The lowest BCUT2D eigenvalue weighted by Gasteiger charge is -2.17. The first-order chi connectivity index (χ1) is 8.91. The van der Waals surface area contributed by atoms with Crippen molar-refractivity contribution in [3.05, 3.63) is 0 Å². The molecule has 0 rings (SSSR count). The van der Waals surface area contributed by atoms with Crippen molar-refractivity contribution in [3.63, 3.8) is 0 Å². The fourth-order valence-corrected chi connectivity index (χ4v) is 5.67. The van der Waals surface area contributed by atoms with Crippen LogP contribution in [0, 0.1) is 0 Å². The molecule has 3 nitrogen and oxygen atoms in total. The van der Waals surface area contributed by atoms with Gasteiger partial charge in [0.05, 0.1) is 0 Å². The zero-order chi connectivity index (χ0) is 14.7. The van der Waals surface area contributed by atoms with E-state index in [0.29, 0.717) is 0 Å². The fraction of sp³-hybridized carbons (Fsp3) is 1.00. The van der Waals surface area contributed by atoms with Crippen LogP contribution in [0.3, 0.4) is 0 Å². The van der Waals surface area contributed by atoms with Gasteiger partial charge < -0.3 is 14.7 Å². The van der Waals surface area contributed by atoms with Crippen LogP contribution in [-0.4, -0.2) is 90.8 Å². The molecule has 0 saturated heterocycles. The molecule has 0 bridgehead atoms. The number of rotatable bonds is 12. The molecule has 114 valence electrons. The monoisotopic (exact) mass is 285 g/mol. The lowest BCUT2D eigenvalue weighted by Crippen LogP contribution is -2.21. The maximum absolute atomic E-state index is 2.32. The summed E-state index contributed by atoms with van der Waals surface area (Å²) in [5, 5.41) is 4.62. The maximum atomic E-state index is 2.32. The molecule has 0 spiro atoms. The molecule has 0 fully saturated rings. The summed E-state index contributed by atoms with van der Waals surface area (Å²) in [4.78, 5) is 6.97. The summed E-state index contributed by atoms with van der Waals surface area (Å²) in [7, 11) is 13.1. The first kappa shape index (κ1) is 19.4. The summed E-state index contributed by atoms with van der Waals surface area (Å²) in [5.41, 5.74) is 0. The Hall–Kier alpha value is 0.412. The van der Waals surface area contributed by atoms with Crippen molar-refractivity contribution in [2.75, 3.05) is 61.9 Å². The molecule has 0 aromatic rings. The van der Waals surface area contributed by atoms with E-state index in [-0.39, 0.29) is 0 Å². The van der Waals surface area contributed by atoms with Crippen molar-refractivity contribution in [2.24, 2.45) is 0 Å². The van der Waals surface area contributed by atoms with Crippen molar-refractivity contribution in [1.29, 1.82) is 0 Å². The molecule has 0 heterocycles. The van der Waals surface area contributed by atoms with Gasteiger partial charge in [0.25, 0.3) is 14.1 Å². The summed E-state index contributed by atoms with van der Waals surface area (Å²) in [6.45, 7) is 3.81. The van der Waals surface area contributed by atoms with Crippen LogP contribution >= 0.6 is 0 Å². The van der Waals surface area contributed by atoms with Gasteiger partial charge in [0.2, 0.25) is 0 Å². The highest BCUT2D eigenvalue weighted by atomic mass is 27.2. The highest BCUT2D eigenvalue weighted by Gasteiger charge is 2.16. The Labute approximate surface area is 126 Å². The Morgan fingerprint density at radius 2 is 0.789 bits per heavy atom. The Bertz CT molecular complexity index is 163. The lowest BCUT2D eigenvalue weighted by atomic mass is 10.4. The SMILES string of the molecule is CN(C)CC[CH2][Al]([CH2]CCN(C)C)[CH2]CCN(C)C. The number of nitrogens with zero attached hydrogens (tertiary/aromatic N) is 3. The Morgan fingerprint density at radius 1 is 0.526 bits per heavy atom. The van der Waals surface area contributed by atoms with Crippen LogP contribution in [0.2, 0.25) is 15.8 Å². The Morgan fingerprint density at radius 3 is 1.00 bits per heavy atom. The van der Waals surface area contributed by atoms with Crippen LogP contribution in [0.5, 0.6) is 0 Å². The van der Waals surface area contributed by atoms with E-state index in [0.717, 1.165) is 0 Å². The predicted octanol–water partition coefficient (Wildman–Crippen LogP) is 2.34. The van der Waals surface area contributed by atoms with Crippen LogP contribution < -0.4 is 0 Å².